The molecule has 1 fully saturated rings. The Kier molecular flexibility index (Phi) is 5.46. The van der Waals surface area contributed by atoms with Crippen molar-refractivity contribution in [2.24, 2.45) is 0 Å². The minimum atomic E-state index is 0.0656. The molecule has 1 amide bonds. The second-order valence-electron chi connectivity index (χ2n) is 5.28. The minimum absolute atomic E-state index is 0.0656. The summed E-state index contributed by atoms with van der Waals surface area (Å²) >= 11 is 5.06. The van der Waals surface area contributed by atoms with Gasteiger partial charge in [0.25, 0.3) is 0 Å². The SMILES string of the molecule is O=C(C=Cc1cccs1)N1CCC(Oc2ncccc2Br)CC1. The number of piperidine rings is 1. The lowest BCUT2D eigenvalue weighted by Crippen LogP contribution is -2.41. The van der Waals surface area contributed by atoms with Crippen LogP contribution in [0.2, 0.25) is 0 Å². The van der Waals surface area contributed by atoms with Crippen LogP contribution in [0.15, 0.2) is 46.4 Å². The fourth-order valence-electron chi connectivity index (χ4n) is 2.45. The second kappa shape index (κ2) is 7.75. The lowest BCUT2D eigenvalue weighted by atomic mass is 10.1. The van der Waals surface area contributed by atoms with Crippen molar-refractivity contribution >= 4 is 39.2 Å². The van der Waals surface area contributed by atoms with Crippen LogP contribution in [0.4, 0.5) is 0 Å². The number of thiophene rings is 1. The fourth-order valence-corrected chi connectivity index (χ4v) is 3.42. The van der Waals surface area contributed by atoms with Gasteiger partial charge in [-0.2, -0.15) is 0 Å². The lowest BCUT2D eigenvalue weighted by Gasteiger charge is -2.31. The molecule has 0 N–H and O–H groups in total. The first-order valence-electron chi connectivity index (χ1n) is 7.50. The summed E-state index contributed by atoms with van der Waals surface area (Å²) in [5, 5.41) is 2.00. The van der Waals surface area contributed by atoms with Crippen molar-refractivity contribution in [2.45, 2.75) is 18.9 Å². The van der Waals surface area contributed by atoms with E-state index in [4.69, 9.17) is 4.74 Å². The highest BCUT2D eigenvalue weighted by Crippen LogP contribution is 2.25. The van der Waals surface area contributed by atoms with E-state index in [1.807, 2.05) is 40.6 Å². The van der Waals surface area contributed by atoms with Crippen molar-refractivity contribution < 1.29 is 9.53 Å². The Hall–Kier alpha value is -1.66. The molecule has 0 unspecified atom stereocenters. The largest absolute Gasteiger partial charge is 0.473 e. The smallest absolute Gasteiger partial charge is 0.246 e. The summed E-state index contributed by atoms with van der Waals surface area (Å²) < 4.78 is 6.78. The van der Waals surface area contributed by atoms with Gasteiger partial charge < -0.3 is 9.64 Å². The molecule has 0 aliphatic carbocycles. The Labute approximate surface area is 147 Å². The van der Waals surface area contributed by atoms with E-state index in [1.54, 1.807) is 23.6 Å². The van der Waals surface area contributed by atoms with Crippen molar-refractivity contribution in [3.8, 4) is 5.88 Å². The summed E-state index contributed by atoms with van der Waals surface area (Å²) in [5.74, 6) is 0.686. The molecule has 4 nitrogen and oxygen atoms in total. The van der Waals surface area contributed by atoms with Gasteiger partial charge in [0, 0.05) is 43.1 Å². The van der Waals surface area contributed by atoms with Crippen molar-refractivity contribution in [3.05, 3.63) is 51.3 Å². The van der Waals surface area contributed by atoms with Crippen LogP contribution in [0.3, 0.4) is 0 Å². The molecule has 23 heavy (non-hydrogen) atoms. The van der Waals surface area contributed by atoms with Crippen molar-refractivity contribution in [1.82, 2.24) is 9.88 Å². The Morgan fingerprint density at radius 2 is 2.17 bits per heavy atom. The van der Waals surface area contributed by atoms with Gasteiger partial charge in [-0.05, 0) is 45.6 Å². The van der Waals surface area contributed by atoms with Crippen LogP contribution in [-0.2, 0) is 4.79 Å². The normalized spacial score (nSPS) is 16.0. The summed E-state index contributed by atoms with van der Waals surface area (Å²) in [5.41, 5.74) is 0. The standard InChI is InChI=1S/C17H17BrN2O2S/c18-15-4-1-9-19-17(15)22-13-7-10-20(11-8-13)16(21)6-5-14-3-2-12-23-14/h1-6,9,12-13H,7-8,10-11H2. The first-order valence-corrected chi connectivity index (χ1v) is 9.17. The zero-order valence-corrected chi connectivity index (χ0v) is 14.9. The quantitative estimate of drug-likeness (QED) is 0.738. The average Bonchev–Trinajstić information content (AvgIpc) is 3.09. The van der Waals surface area contributed by atoms with Gasteiger partial charge in [-0.15, -0.1) is 11.3 Å². The molecule has 1 aliphatic rings. The number of carbonyl (C=O) groups excluding carboxylic acids is 1. The van der Waals surface area contributed by atoms with Crippen LogP contribution >= 0.6 is 27.3 Å². The number of ether oxygens (including phenoxy) is 1. The van der Waals surface area contributed by atoms with E-state index >= 15 is 0 Å². The fraction of sp³-hybridized carbons (Fsp3) is 0.294. The highest BCUT2D eigenvalue weighted by molar-refractivity contribution is 9.10. The molecule has 0 bridgehead atoms. The number of carbonyl (C=O) groups is 1. The maximum Gasteiger partial charge on any atom is 0.246 e. The summed E-state index contributed by atoms with van der Waals surface area (Å²) in [6.45, 7) is 1.42. The lowest BCUT2D eigenvalue weighted by molar-refractivity contribution is -0.127. The molecule has 0 radical (unpaired) electrons. The van der Waals surface area contributed by atoms with Gasteiger partial charge >= 0.3 is 0 Å². The molecule has 2 aromatic rings. The molecule has 120 valence electrons. The number of amides is 1. The molecule has 0 saturated carbocycles. The second-order valence-corrected chi connectivity index (χ2v) is 7.12. The van der Waals surface area contributed by atoms with E-state index in [-0.39, 0.29) is 12.0 Å². The zero-order valence-electron chi connectivity index (χ0n) is 12.5. The molecule has 1 aliphatic heterocycles. The van der Waals surface area contributed by atoms with Gasteiger partial charge in [0.15, 0.2) is 0 Å². The monoisotopic (exact) mass is 392 g/mol. The molecule has 0 atom stereocenters. The Balaban J connectivity index is 1.50. The molecule has 3 heterocycles. The Morgan fingerprint density at radius 1 is 1.35 bits per heavy atom. The minimum Gasteiger partial charge on any atom is -0.473 e. The Morgan fingerprint density at radius 3 is 2.87 bits per heavy atom. The number of likely N-dealkylation sites (tertiary alicyclic amines) is 1. The predicted octanol–water partition coefficient (Wildman–Crippen LogP) is 3.99. The van der Waals surface area contributed by atoms with Crippen molar-refractivity contribution in [2.75, 3.05) is 13.1 Å². The number of halogens is 1. The highest BCUT2D eigenvalue weighted by Gasteiger charge is 2.23. The maximum atomic E-state index is 12.2. The molecule has 1 saturated heterocycles. The summed E-state index contributed by atoms with van der Waals surface area (Å²) in [6, 6.07) is 7.75. The van der Waals surface area contributed by atoms with Gasteiger partial charge in [0.2, 0.25) is 11.8 Å². The third-order valence-corrected chi connectivity index (χ3v) is 5.13. The first-order chi connectivity index (χ1) is 11.2. The number of nitrogens with zero attached hydrogens (tertiary/aromatic N) is 2. The van der Waals surface area contributed by atoms with E-state index in [1.165, 1.54) is 0 Å². The van der Waals surface area contributed by atoms with Gasteiger partial charge in [0.05, 0.1) is 4.47 Å². The Bertz CT molecular complexity index is 680. The van der Waals surface area contributed by atoms with Crippen LogP contribution < -0.4 is 4.74 Å². The maximum absolute atomic E-state index is 12.2. The van der Waals surface area contributed by atoms with Gasteiger partial charge in [-0.1, -0.05) is 6.07 Å². The molecular formula is C17H17BrN2O2S. The summed E-state index contributed by atoms with van der Waals surface area (Å²) in [4.78, 5) is 19.4. The van der Waals surface area contributed by atoms with E-state index in [2.05, 4.69) is 20.9 Å². The molecule has 6 heteroatoms. The van der Waals surface area contributed by atoms with Gasteiger partial charge in [-0.3, -0.25) is 4.79 Å². The van der Waals surface area contributed by atoms with Gasteiger partial charge in [-0.25, -0.2) is 4.98 Å². The molecule has 2 aromatic heterocycles. The van der Waals surface area contributed by atoms with Crippen LogP contribution in [0.5, 0.6) is 5.88 Å². The third-order valence-electron chi connectivity index (χ3n) is 3.69. The summed E-state index contributed by atoms with van der Waals surface area (Å²) in [7, 11) is 0. The van der Waals surface area contributed by atoms with Crippen LogP contribution in [0.25, 0.3) is 6.08 Å². The van der Waals surface area contributed by atoms with E-state index in [0.29, 0.717) is 19.0 Å². The number of hydrogen-bond donors (Lipinski definition) is 0. The number of rotatable bonds is 4. The van der Waals surface area contributed by atoms with Crippen LogP contribution in [0, 0.1) is 0 Å². The molecular weight excluding hydrogens is 376 g/mol. The van der Waals surface area contributed by atoms with E-state index in [9.17, 15) is 4.79 Å². The van der Waals surface area contributed by atoms with E-state index < -0.39 is 0 Å². The zero-order chi connectivity index (χ0) is 16.1. The van der Waals surface area contributed by atoms with Gasteiger partial charge in [0.1, 0.15) is 6.10 Å². The summed E-state index contributed by atoms with van der Waals surface area (Å²) in [6.07, 6.45) is 6.99. The third kappa shape index (κ3) is 4.42. The average molecular weight is 393 g/mol. The number of pyridine rings is 1. The molecule has 0 spiro atoms. The van der Waals surface area contributed by atoms with E-state index in [0.717, 1.165) is 22.2 Å². The van der Waals surface area contributed by atoms with Crippen molar-refractivity contribution in [1.29, 1.82) is 0 Å². The first kappa shape index (κ1) is 16.2. The number of aromatic nitrogens is 1. The van der Waals surface area contributed by atoms with Crippen LogP contribution in [-0.4, -0.2) is 35.0 Å². The topological polar surface area (TPSA) is 42.4 Å². The van der Waals surface area contributed by atoms with Crippen LogP contribution in [0.1, 0.15) is 17.7 Å². The number of hydrogen-bond acceptors (Lipinski definition) is 4. The molecule has 0 aromatic carbocycles. The molecule has 3 rings (SSSR count). The predicted molar refractivity (Wildman–Crippen MR) is 95.5 cm³/mol. The highest BCUT2D eigenvalue weighted by atomic mass is 79.9. The van der Waals surface area contributed by atoms with Crippen molar-refractivity contribution in [3.63, 3.8) is 0 Å².